The first kappa shape index (κ1) is 17.4. The van der Waals surface area contributed by atoms with Gasteiger partial charge in [0.2, 0.25) is 0 Å². The van der Waals surface area contributed by atoms with Crippen LogP contribution < -0.4 is 5.69 Å². The first-order valence-electron chi connectivity index (χ1n) is 7.17. The van der Waals surface area contributed by atoms with E-state index in [4.69, 9.17) is 0 Å². The monoisotopic (exact) mass is 295 g/mol. The third kappa shape index (κ3) is 3.91. The Hall–Kier alpha value is -1.69. The molecule has 0 saturated heterocycles. The first-order chi connectivity index (χ1) is 9.66. The molecule has 1 heterocycles. The Morgan fingerprint density at radius 1 is 1.33 bits per heavy atom. The van der Waals surface area contributed by atoms with Crippen molar-refractivity contribution in [1.29, 1.82) is 0 Å². The van der Waals surface area contributed by atoms with Crippen molar-refractivity contribution in [2.24, 2.45) is 0 Å². The summed E-state index contributed by atoms with van der Waals surface area (Å²) >= 11 is 0. The number of nitrogens with zero attached hydrogens (tertiary/aromatic N) is 3. The smallest absolute Gasteiger partial charge is 0.348 e. The maximum absolute atomic E-state index is 12.1. The second kappa shape index (κ2) is 6.85. The van der Waals surface area contributed by atoms with Crippen LogP contribution in [0.5, 0.6) is 0 Å². The Labute approximate surface area is 125 Å². The molecule has 1 N–H and O–H groups in total. The summed E-state index contributed by atoms with van der Waals surface area (Å²) in [5.41, 5.74) is 1.51. The highest BCUT2D eigenvalue weighted by molar-refractivity contribution is 5.76. The molecule has 0 amide bonds. The fourth-order valence-corrected chi connectivity index (χ4v) is 2.34. The molecule has 1 aromatic rings. The van der Waals surface area contributed by atoms with Gasteiger partial charge in [0, 0.05) is 36.1 Å². The van der Waals surface area contributed by atoms with E-state index in [1.54, 1.807) is 25.3 Å². The number of aromatic nitrogens is 2. The predicted molar refractivity (Wildman–Crippen MR) is 81.8 cm³/mol. The van der Waals surface area contributed by atoms with Gasteiger partial charge in [-0.3, -0.25) is 9.36 Å². The zero-order valence-electron chi connectivity index (χ0n) is 13.7. The molecule has 0 aromatic carbocycles. The highest BCUT2D eigenvalue weighted by atomic mass is 16.4. The van der Waals surface area contributed by atoms with Gasteiger partial charge in [-0.15, -0.1) is 0 Å². The van der Waals surface area contributed by atoms with Crippen LogP contribution in [0.15, 0.2) is 4.79 Å². The number of aliphatic carboxylic acids is 1. The minimum atomic E-state index is -0.910. The second-order valence-electron chi connectivity index (χ2n) is 5.76. The fourth-order valence-electron chi connectivity index (χ4n) is 2.34. The zero-order valence-corrected chi connectivity index (χ0v) is 13.7. The van der Waals surface area contributed by atoms with Gasteiger partial charge in [0.25, 0.3) is 0 Å². The molecule has 118 valence electrons. The number of hydrogen-bond acceptors (Lipinski definition) is 4. The first-order valence-corrected chi connectivity index (χ1v) is 7.17. The SMILES string of the molecule is Cc1nc(=O)n(CCN(C)C(C)C)c(C)c1C(C)C(=O)O. The standard InChI is InChI=1S/C15H25N3O3/c1-9(2)17(6)7-8-18-12(5)13(10(3)14(19)20)11(4)16-15(18)21/h9-10H,7-8H2,1-6H3,(H,19,20). The molecule has 0 saturated carbocycles. The lowest BCUT2D eigenvalue weighted by molar-refractivity contribution is -0.138. The Morgan fingerprint density at radius 3 is 2.38 bits per heavy atom. The van der Waals surface area contributed by atoms with Gasteiger partial charge in [-0.25, -0.2) is 4.79 Å². The minimum Gasteiger partial charge on any atom is -0.481 e. The minimum absolute atomic E-state index is 0.316. The Balaban J connectivity index is 3.19. The number of rotatable bonds is 6. The van der Waals surface area contributed by atoms with Crippen molar-refractivity contribution in [2.45, 2.75) is 53.1 Å². The largest absolute Gasteiger partial charge is 0.481 e. The van der Waals surface area contributed by atoms with Crippen LogP contribution in [-0.4, -0.2) is 45.2 Å². The maximum atomic E-state index is 12.1. The van der Waals surface area contributed by atoms with Crippen LogP contribution in [0.1, 0.15) is 43.6 Å². The number of carbonyl (C=O) groups is 1. The van der Waals surface area contributed by atoms with Crippen LogP contribution in [0.25, 0.3) is 0 Å². The highest BCUT2D eigenvalue weighted by Crippen LogP contribution is 2.21. The predicted octanol–water partition coefficient (Wildman–Crippen LogP) is 1.39. The molecule has 0 aliphatic carbocycles. The van der Waals surface area contributed by atoms with Crippen molar-refractivity contribution in [1.82, 2.24) is 14.5 Å². The summed E-state index contributed by atoms with van der Waals surface area (Å²) in [6, 6.07) is 0.386. The molecule has 6 nitrogen and oxygen atoms in total. The lowest BCUT2D eigenvalue weighted by Gasteiger charge is -2.23. The second-order valence-corrected chi connectivity index (χ2v) is 5.76. The van der Waals surface area contributed by atoms with Crippen LogP contribution in [0, 0.1) is 13.8 Å². The quantitative estimate of drug-likeness (QED) is 0.858. The van der Waals surface area contributed by atoms with E-state index in [0.717, 1.165) is 0 Å². The lowest BCUT2D eigenvalue weighted by Crippen LogP contribution is -2.35. The number of carboxylic acids is 1. The Kier molecular flexibility index (Phi) is 5.66. The highest BCUT2D eigenvalue weighted by Gasteiger charge is 2.22. The van der Waals surface area contributed by atoms with Crippen molar-refractivity contribution >= 4 is 5.97 Å². The van der Waals surface area contributed by atoms with Gasteiger partial charge < -0.3 is 10.0 Å². The molecule has 1 rings (SSSR count). The number of aryl methyl sites for hydroxylation is 1. The third-order valence-electron chi connectivity index (χ3n) is 4.04. The molecular formula is C15H25N3O3. The van der Waals surface area contributed by atoms with E-state index < -0.39 is 11.9 Å². The number of likely N-dealkylation sites (N-methyl/N-ethyl adjacent to an activating group) is 1. The zero-order chi connectivity index (χ0) is 16.3. The molecule has 0 fully saturated rings. The summed E-state index contributed by atoms with van der Waals surface area (Å²) in [6.45, 7) is 10.5. The van der Waals surface area contributed by atoms with Gasteiger partial charge >= 0.3 is 11.7 Å². The molecule has 1 aromatic heterocycles. The van der Waals surface area contributed by atoms with E-state index in [-0.39, 0.29) is 5.69 Å². The van der Waals surface area contributed by atoms with Crippen molar-refractivity contribution < 1.29 is 9.90 Å². The van der Waals surface area contributed by atoms with E-state index in [2.05, 4.69) is 23.7 Å². The molecule has 0 bridgehead atoms. The molecule has 0 aliphatic heterocycles. The van der Waals surface area contributed by atoms with Gasteiger partial charge in [-0.1, -0.05) is 0 Å². The lowest BCUT2D eigenvalue weighted by atomic mass is 9.98. The fraction of sp³-hybridized carbons (Fsp3) is 0.667. The van der Waals surface area contributed by atoms with Crippen LogP contribution in [-0.2, 0) is 11.3 Å². The van der Waals surface area contributed by atoms with Crippen LogP contribution in [0.3, 0.4) is 0 Å². The van der Waals surface area contributed by atoms with Gasteiger partial charge in [0.05, 0.1) is 5.92 Å². The third-order valence-corrected chi connectivity index (χ3v) is 4.04. The summed E-state index contributed by atoms with van der Waals surface area (Å²) in [5.74, 6) is -1.58. The average Bonchev–Trinajstić information content (AvgIpc) is 2.37. The Bertz CT molecular complexity index is 578. The van der Waals surface area contributed by atoms with Crippen molar-refractivity contribution in [3.63, 3.8) is 0 Å². The van der Waals surface area contributed by atoms with Crippen LogP contribution in [0.4, 0.5) is 0 Å². The van der Waals surface area contributed by atoms with Crippen molar-refractivity contribution in [3.8, 4) is 0 Å². The van der Waals surface area contributed by atoms with Crippen molar-refractivity contribution in [2.75, 3.05) is 13.6 Å². The molecule has 1 atom stereocenters. The average molecular weight is 295 g/mol. The van der Waals surface area contributed by atoms with E-state index in [0.29, 0.717) is 36.1 Å². The molecular weight excluding hydrogens is 270 g/mol. The Morgan fingerprint density at radius 2 is 1.90 bits per heavy atom. The molecule has 21 heavy (non-hydrogen) atoms. The van der Waals surface area contributed by atoms with E-state index in [1.807, 2.05) is 7.05 Å². The normalized spacial score (nSPS) is 13.0. The molecule has 1 unspecified atom stereocenters. The summed E-state index contributed by atoms with van der Waals surface area (Å²) < 4.78 is 1.57. The topological polar surface area (TPSA) is 75.4 Å². The molecule has 0 radical (unpaired) electrons. The van der Waals surface area contributed by atoms with E-state index >= 15 is 0 Å². The number of carboxylic acid groups (broad SMARTS) is 1. The van der Waals surface area contributed by atoms with Crippen molar-refractivity contribution in [3.05, 3.63) is 27.4 Å². The van der Waals surface area contributed by atoms with Gasteiger partial charge in [-0.05, 0) is 41.7 Å². The molecule has 0 spiro atoms. The van der Waals surface area contributed by atoms with Gasteiger partial charge in [-0.2, -0.15) is 4.98 Å². The summed E-state index contributed by atoms with van der Waals surface area (Å²) in [6.07, 6.45) is 0. The van der Waals surface area contributed by atoms with E-state index in [9.17, 15) is 14.7 Å². The van der Waals surface area contributed by atoms with Gasteiger partial charge in [0.15, 0.2) is 0 Å². The van der Waals surface area contributed by atoms with E-state index in [1.165, 1.54) is 0 Å². The summed E-state index contributed by atoms with van der Waals surface area (Å²) in [5, 5.41) is 9.21. The molecule has 6 heteroatoms. The van der Waals surface area contributed by atoms with Crippen LogP contribution >= 0.6 is 0 Å². The summed E-state index contributed by atoms with van der Waals surface area (Å²) in [4.78, 5) is 29.4. The molecule has 0 aliphatic rings. The van der Waals surface area contributed by atoms with Crippen LogP contribution in [0.2, 0.25) is 0 Å². The summed E-state index contributed by atoms with van der Waals surface area (Å²) in [7, 11) is 1.99. The maximum Gasteiger partial charge on any atom is 0.348 e. The van der Waals surface area contributed by atoms with Gasteiger partial charge in [0.1, 0.15) is 0 Å². The number of hydrogen-bond donors (Lipinski definition) is 1.